The molecule has 0 spiro atoms. The van der Waals surface area contributed by atoms with Crippen molar-refractivity contribution in [3.05, 3.63) is 77.9 Å². The average molecular weight is 225 g/mol. The van der Waals surface area contributed by atoms with Gasteiger partial charge in [-0.1, -0.05) is 48.5 Å². The van der Waals surface area contributed by atoms with Crippen molar-refractivity contribution in [1.82, 2.24) is 0 Å². The van der Waals surface area contributed by atoms with E-state index in [1.807, 2.05) is 24.3 Å². The molecule has 2 aromatic rings. The number of rotatable bonds is 3. The maximum atomic E-state index is 5.43. The van der Waals surface area contributed by atoms with Gasteiger partial charge in [0.15, 0.2) is 0 Å². The third-order valence-electron chi connectivity index (χ3n) is 3.11. The first-order chi connectivity index (χ1) is 8.24. The lowest BCUT2D eigenvalue weighted by Crippen LogP contribution is -2.06. The molecule has 0 saturated carbocycles. The van der Waals surface area contributed by atoms with Crippen molar-refractivity contribution in [2.45, 2.75) is 20.0 Å². The van der Waals surface area contributed by atoms with E-state index in [9.17, 15) is 0 Å². The Balaban J connectivity index is 2.48. The van der Waals surface area contributed by atoms with Crippen LogP contribution in [0, 0.1) is 21.0 Å². The van der Waals surface area contributed by atoms with Gasteiger partial charge in [-0.25, -0.2) is 0 Å². The highest BCUT2D eigenvalue weighted by atomic mass is 16.5. The third-order valence-corrected chi connectivity index (χ3v) is 3.11. The summed E-state index contributed by atoms with van der Waals surface area (Å²) in [7, 11) is 3.62. The largest absolute Gasteiger partial charge is 0.366 e. The van der Waals surface area contributed by atoms with Crippen LogP contribution in [0.15, 0.2) is 48.5 Å². The molecule has 17 heavy (non-hydrogen) atoms. The predicted molar refractivity (Wildman–Crippen MR) is 70.6 cm³/mol. The van der Waals surface area contributed by atoms with Crippen LogP contribution in [-0.2, 0) is 4.74 Å². The Kier molecular flexibility index (Phi) is 3.60. The van der Waals surface area contributed by atoms with Crippen LogP contribution in [-0.4, -0.2) is 0 Å². The van der Waals surface area contributed by atoms with Gasteiger partial charge in [-0.15, -0.1) is 0 Å². The minimum Gasteiger partial charge on any atom is -0.366 e. The van der Waals surface area contributed by atoms with E-state index >= 15 is 0 Å². The molecule has 0 fully saturated rings. The van der Waals surface area contributed by atoms with E-state index in [-0.39, 0.29) is 6.10 Å². The summed E-state index contributed by atoms with van der Waals surface area (Å²) in [5.74, 6) is 0. The van der Waals surface area contributed by atoms with Gasteiger partial charge in [0.2, 0.25) is 0 Å². The fraction of sp³-hybridized carbons (Fsp3) is 0.188. The molecule has 0 aliphatic heterocycles. The zero-order valence-electron chi connectivity index (χ0n) is 10.3. The molecule has 0 aliphatic rings. The number of hydrogen-bond donors (Lipinski definition) is 0. The molecule has 0 unspecified atom stereocenters. The van der Waals surface area contributed by atoms with E-state index in [4.69, 9.17) is 4.74 Å². The number of hydrogen-bond acceptors (Lipinski definition) is 1. The van der Waals surface area contributed by atoms with Gasteiger partial charge in [0, 0.05) is 0 Å². The molecule has 0 N–H and O–H groups in total. The highest BCUT2D eigenvalue weighted by Crippen LogP contribution is 2.29. The van der Waals surface area contributed by atoms with Crippen molar-refractivity contribution in [3.63, 3.8) is 0 Å². The van der Waals surface area contributed by atoms with Crippen molar-refractivity contribution in [3.8, 4) is 0 Å². The van der Waals surface area contributed by atoms with Gasteiger partial charge >= 0.3 is 0 Å². The molecule has 0 saturated heterocycles. The van der Waals surface area contributed by atoms with Gasteiger partial charge in [-0.2, -0.15) is 0 Å². The van der Waals surface area contributed by atoms with E-state index in [0.29, 0.717) is 0 Å². The molecule has 0 aliphatic carbocycles. The predicted octanol–water partition coefficient (Wildman–Crippen LogP) is 4.20. The van der Waals surface area contributed by atoms with Crippen LogP contribution in [0.2, 0.25) is 0 Å². The molecule has 0 bridgehead atoms. The first kappa shape index (κ1) is 11.9. The zero-order valence-corrected chi connectivity index (χ0v) is 10.3. The summed E-state index contributed by atoms with van der Waals surface area (Å²) >= 11 is 0. The summed E-state index contributed by atoms with van der Waals surface area (Å²) in [5, 5.41) is 0. The summed E-state index contributed by atoms with van der Waals surface area (Å²) in [6.45, 7) is 4.19. The fourth-order valence-corrected chi connectivity index (χ4v) is 2.11. The third kappa shape index (κ3) is 2.40. The Morgan fingerprint density at radius 1 is 0.824 bits per heavy atom. The molecule has 2 rings (SSSR count). The Bertz CT molecular complexity index is 457. The minimum absolute atomic E-state index is 0.0857. The van der Waals surface area contributed by atoms with Gasteiger partial charge in [-0.05, 0) is 36.1 Å². The van der Waals surface area contributed by atoms with E-state index in [1.54, 1.807) is 0 Å². The lowest BCUT2D eigenvalue weighted by atomic mass is 9.94. The maximum absolute atomic E-state index is 5.43. The van der Waals surface area contributed by atoms with Crippen LogP contribution < -0.4 is 0 Å². The molecule has 1 radical (unpaired) electrons. The van der Waals surface area contributed by atoms with Crippen LogP contribution in [0.3, 0.4) is 0 Å². The molecule has 1 nitrogen and oxygen atoms in total. The van der Waals surface area contributed by atoms with Crippen LogP contribution in [0.4, 0.5) is 0 Å². The first-order valence-electron chi connectivity index (χ1n) is 5.76. The molecule has 0 heterocycles. The molecular weight excluding hydrogens is 208 g/mol. The van der Waals surface area contributed by atoms with Crippen molar-refractivity contribution >= 4 is 0 Å². The standard InChI is InChI=1S/C16H17O/c1-12-8-4-6-10-14(12)16(17-3)15-11-7-5-9-13(15)2/h4-11,16H,3H2,1-2H3. The lowest BCUT2D eigenvalue weighted by molar-refractivity contribution is 0.174. The van der Waals surface area contributed by atoms with Crippen molar-refractivity contribution in [2.75, 3.05) is 0 Å². The summed E-state index contributed by atoms with van der Waals surface area (Å²) in [6, 6.07) is 16.5. The highest BCUT2D eigenvalue weighted by Gasteiger charge is 2.16. The second-order valence-corrected chi connectivity index (χ2v) is 4.26. The summed E-state index contributed by atoms with van der Waals surface area (Å²) in [5.41, 5.74) is 4.81. The van der Waals surface area contributed by atoms with E-state index in [0.717, 1.165) is 0 Å². The maximum Gasteiger partial charge on any atom is 0.108 e. The molecule has 1 heteroatoms. The Labute approximate surface area is 103 Å². The summed E-state index contributed by atoms with van der Waals surface area (Å²) in [6.07, 6.45) is -0.0857. The van der Waals surface area contributed by atoms with Crippen molar-refractivity contribution < 1.29 is 4.74 Å². The second kappa shape index (κ2) is 5.15. The Morgan fingerprint density at radius 3 is 1.59 bits per heavy atom. The first-order valence-corrected chi connectivity index (χ1v) is 5.76. The van der Waals surface area contributed by atoms with Crippen LogP contribution in [0.1, 0.15) is 28.4 Å². The van der Waals surface area contributed by atoms with Gasteiger partial charge < -0.3 is 4.74 Å². The van der Waals surface area contributed by atoms with Gasteiger partial charge in [0.05, 0.1) is 7.11 Å². The number of ether oxygens (including phenoxy) is 1. The molecule has 0 amide bonds. The normalized spacial score (nSPS) is 10.8. The monoisotopic (exact) mass is 225 g/mol. The molecule has 2 aromatic carbocycles. The summed E-state index contributed by atoms with van der Waals surface area (Å²) < 4.78 is 5.43. The summed E-state index contributed by atoms with van der Waals surface area (Å²) in [4.78, 5) is 0. The molecule has 0 atom stereocenters. The van der Waals surface area contributed by atoms with E-state index in [2.05, 4.69) is 45.2 Å². The lowest BCUT2D eigenvalue weighted by Gasteiger charge is -2.20. The van der Waals surface area contributed by atoms with Gasteiger partial charge in [0.1, 0.15) is 6.10 Å². The number of benzene rings is 2. The molecular formula is C16H17O. The molecule has 0 aromatic heterocycles. The zero-order chi connectivity index (χ0) is 12.3. The quantitative estimate of drug-likeness (QED) is 0.760. The van der Waals surface area contributed by atoms with Crippen molar-refractivity contribution in [1.29, 1.82) is 0 Å². The average Bonchev–Trinajstić information content (AvgIpc) is 2.34. The minimum atomic E-state index is -0.0857. The van der Waals surface area contributed by atoms with E-state index < -0.39 is 0 Å². The smallest absolute Gasteiger partial charge is 0.108 e. The Morgan fingerprint density at radius 2 is 1.24 bits per heavy atom. The van der Waals surface area contributed by atoms with Gasteiger partial charge in [-0.3, -0.25) is 0 Å². The fourth-order valence-electron chi connectivity index (χ4n) is 2.11. The molecule has 87 valence electrons. The SMILES string of the molecule is [CH2]OC(c1ccccc1C)c1ccccc1C. The van der Waals surface area contributed by atoms with Crippen LogP contribution >= 0.6 is 0 Å². The topological polar surface area (TPSA) is 9.23 Å². The van der Waals surface area contributed by atoms with Crippen LogP contribution in [0.25, 0.3) is 0 Å². The number of aryl methyl sites for hydroxylation is 2. The van der Waals surface area contributed by atoms with E-state index in [1.165, 1.54) is 22.3 Å². The van der Waals surface area contributed by atoms with Gasteiger partial charge in [0.25, 0.3) is 0 Å². The highest BCUT2D eigenvalue weighted by molar-refractivity contribution is 5.38. The Hall–Kier alpha value is -1.60. The second-order valence-electron chi connectivity index (χ2n) is 4.26. The van der Waals surface area contributed by atoms with Crippen LogP contribution in [0.5, 0.6) is 0 Å². The van der Waals surface area contributed by atoms with Crippen molar-refractivity contribution in [2.24, 2.45) is 0 Å².